The Hall–Kier alpha value is -2.06. The molecule has 0 aliphatic carbocycles. The molecule has 2 unspecified atom stereocenters. The molecular weight excluding hydrogens is 256 g/mol. The Bertz CT molecular complexity index is 510. The van der Waals surface area contributed by atoms with Crippen LogP contribution in [0.4, 0.5) is 0 Å². The Labute approximate surface area is 118 Å². The normalized spacial score (nSPS) is 16.1. The van der Waals surface area contributed by atoms with E-state index in [1.54, 1.807) is 19.1 Å². The monoisotopic (exact) mass is 276 g/mol. The van der Waals surface area contributed by atoms with E-state index in [1.165, 1.54) is 12.3 Å². The van der Waals surface area contributed by atoms with Crippen LogP contribution in [0.5, 0.6) is 0 Å². The van der Waals surface area contributed by atoms with Crippen LogP contribution in [0.3, 0.4) is 0 Å². The molecule has 1 rings (SSSR count). The molecule has 20 heavy (non-hydrogen) atoms. The molecule has 0 saturated heterocycles. The number of carbonyl (C=O) groups is 1. The minimum absolute atomic E-state index is 0.0439. The maximum atomic E-state index is 11.9. The first-order chi connectivity index (χ1) is 9.40. The summed E-state index contributed by atoms with van der Waals surface area (Å²) in [6.45, 7) is 5.65. The topological polar surface area (TPSA) is 86.3 Å². The van der Waals surface area contributed by atoms with Crippen molar-refractivity contribution in [1.82, 2.24) is 5.32 Å². The highest BCUT2D eigenvalue weighted by molar-refractivity contribution is 6.01. The minimum Gasteiger partial charge on any atom is -0.465 e. The number of rotatable bonds is 6. The highest BCUT2D eigenvalue weighted by Crippen LogP contribution is 2.19. The van der Waals surface area contributed by atoms with Crippen molar-refractivity contribution in [3.63, 3.8) is 0 Å². The standard InChI is InChI=1S/C15H20N2O3/c1-4-11(2)15(3,19)10-17-14(18)12(9-16)8-13-6-5-7-20-13/h5-8,11,19H,4,10H2,1-3H3,(H,17,18)/b12-8+. The predicted molar refractivity (Wildman–Crippen MR) is 75.4 cm³/mol. The molecule has 0 spiro atoms. The second-order valence-electron chi connectivity index (χ2n) is 5.03. The molecule has 0 aliphatic rings. The van der Waals surface area contributed by atoms with Gasteiger partial charge in [0, 0.05) is 12.6 Å². The van der Waals surface area contributed by atoms with Crippen molar-refractivity contribution in [3.05, 3.63) is 29.7 Å². The van der Waals surface area contributed by atoms with Gasteiger partial charge in [0.15, 0.2) is 0 Å². The summed E-state index contributed by atoms with van der Waals surface area (Å²) in [4.78, 5) is 11.9. The molecule has 5 nitrogen and oxygen atoms in total. The van der Waals surface area contributed by atoms with Crippen LogP contribution in [-0.2, 0) is 4.79 Å². The van der Waals surface area contributed by atoms with Gasteiger partial charge in [-0.2, -0.15) is 5.26 Å². The predicted octanol–water partition coefficient (Wildman–Crippen LogP) is 2.10. The number of nitrogens with zero attached hydrogens (tertiary/aromatic N) is 1. The van der Waals surface area contributed by atoms with Gasteiger partial charge in [-0.3, -0.25) is 4.79 Å². The zero-order valence-electron chi connectivity index (χ0n) is 12.0. The Balaban J connectivity index is 2.69. The fourth-order valence-electron chi connectivity index (χ4n) is 1.63. The first-order valence-electron chi connectivity index (χ1n) is 6.56. The van der Waals surface area contributed by atoms with E-state index in [-0.39, 0.29) is 18.0 Å². The second-order valence-corrected chi connectivity index (χ2v) is 5.03. The molecule has 108 valence electrons. The van der Waals surface area contributed by atoms with E-state index in [0.29, 0.717) is 5.76 Å². The van der Waals surface area contributed by atoms with Crippen LogP contribution in [0.1, 0.15) is 33.0 Å². The molecule has 1 amide bonds. The molecule has 1 heterocycles. The van der Waals surface area contributed by atoms with Gasteiger partial charge in [-0.15, -0.1) is 0 Å². The number of furan rings is 1. The molecular formula is C15H20N2O3. The van der Waals surface area contributed by atoms with Crippen molar-refractivity contribution >= 4 is 12.0 Å². The zero-order chi connectivity index (χ0) is 15.2. The van der Waals surface area contributed by atoms with Gasteiger partial charge in [0.1, 0.15) is 17.4 Å². The molecule has 0 radical (unpaired) electrons. The fourth-order valence-corrected chi connectivity index (χ4v) is 1.63. The number of nitriles is 1. The second kappa shape index (κ2) is 6.92. The lowest BCUT2D eigenvalue weighted by atomic mass is 9.88. The van der Waals surface area contributed by atoms with Crippen LogP contribution in [0, 0.1) is 17.2 Å². The Kier molecular flexibility index (Phi) is 5.53. The summed E-state index contributed by atoms with van der Waals surface area (Å²) in [6.07, 6.45) is 3.63. The molecule has 0 aromatic carbocycles. The molecule has 0 fully saturated rings. The first-order valence-corrected chi connectivity index (χ1v) is 6.56. The zero-order valence-corrected chi connectivity index (χ0v) is 12.0. The van der Waals surface area contributed by atoms with Crippen LogP contribution in [0.25, 0.3) is 6.08 Å². The Morgan fingerprint density at radius 1 is 1.70 bits per heavy atom. The average molecular weight is 276 g/mol. The van der Waals surface area contributed by atoms with Gasteiger partial charge >= 0.3 is 0 Å². The van der Waals surface area contributed by atoms with Crippen LogP contribution >= 0.6 is 0 Å². The quantitative estimate of drug-likeness (QED) is 0.615. The van der Waals surface area contributed by atoms with Crippen LogP contribution in [-0.4, -0.2) is 23.2 Å². The number of carbonyl (C=O) groups excluding carboxylic acids is 1. The summed E-state index contributed by atoms with van der Waals surface area (Å²) in [6, 6.07) is 5.15. The summed E-state index contributed by atoms with van der Waals surface area (Å²) < 4.78 is 5.06. The van der Waals surface area contributed by atoms with Gasteiger partial charge in [-0.1, -0.05) is 20.3 Å². The van der Waals surface area contributed by atoms with Crippen molar-refractivity contribution in [1.29, 1.82) is 5.26 Å². The lowest BCUT2D eigenvalue weighted by Crippen LogP contribution is -2.45. The van der Waals surface area contributed by atoms with Crippen molar-refractivity contribution in [2.45, 2.75) is 32.8 Å². The lowest BCUT2D eigenvalue weighted by Gasteiger charge is -2.29. The average Bonchev–Trinajstić information content (AvgIpc) is 2.94. The van der Waals surface area contributed by atoms with Crippen molar-refractivity contribution < 1.29 is 14.3 Å². The maximum Gasteiger partial charge on any atom is 0.262 e. The summed E-state index contributed by atoms with van der Waals surface area (Å²) >= 11 is 0. The minimum atomic E-state index is -1.00. The molecule has 1 aromatic heterocycles. The fraction of sp³-hybridized carbons (Fsp3) is 0.467. The highest BCUT2D eigenvalue weighted by Gasteiger charge is 2.27. The smallest absolute Gasteiger partial charge is 0.262 e. The van der Waals surface area contributed by atoms with Gasteiger partial charge in [-0.05, 0) is 25.0 Å². The third-order valence-electron chi connectivity index (χ3n) is 3.48. The number of hydrogen-bond acceptors (Lipinski definition) is 4. The van der Waals surface area contributed by atoms with Gasteiger partial charge in [0.2, 0.25) is 0 Å². The summed E-state index contributed by atoms with van der Waals surface area (Å²) in [5, 5.41) is 21.8. The number of hydrogen-bond donors (Lipinski definition) is 2. The number of nitrogens with one attached hydrogen (secondary N) is 1. The summed E-state index contributed by atoms with van der Waals surface area (Å²) in [5.74, 6) is -0.0414. The van der Waals surface area contributed by atoms with Crippen LogP contribution in [0.2, 0.25) is 0 Å². The van der Waals surface area contributed by atoms with Crippen LogP contribution in [0.15, 0.2) is 28.4 Å². The Morgan fingerprint density at radius 3 is 2.90 bits per heavy atom. The van der Waals surface area contributed by atoms with E-state index in [9.17, 15) is 9.90 Å². The SMILES string of the molecule is CCC(C)C(C)(O)CNC(=O)/C(C#N)=C/c1ccco1. The van der Waals surface area contributed by atoms with Crippen molar-refractivity contribution in [3.8, 4) is 6.07 Å². The largest absolute Gasteiger partial charge is 0.465 e. The molecule has 0 saturated carbocycles. The van der Waals surface area contributed by atoms with Gasteiger partial charge in [-0.25, -0.2) is 0 Å². The van der Waals surface area contributed by atoms with E-state index in [1.807, 2.05) is 19.9 Å². The Morgan fingerprint density at radius 2 is 2.40 bits per heavy atom. The summed E-state index contributed by atoms with van der Waals surface area (Å²) in [5.41, 5.74) is -1.06. The van der Waals surface area contributed by atoms with E-state index in [4.69, 9.17) is 9.68 Å². The van der Waals surface area contributed by atoms with E-state index < -0.39 is 11.5 Å². The summed E-state index contributed by atoms with van der Waals surface area (Å²) in [7, 11) is 0. The van der Waals surface area contributed by atoms with Gasteiger partial charge in [0.05, 0.1) is 11.9 Å². The molecule has 1 aromatic rings. The molecule has 5 heteroatoms. The van der Waals surface area contributed by atoms with Gasteiger partial charge in [0.25, 0.3) is 5.91 Å². The molecule has 2 atom stereocenters. The van der Waals surface area contributed by atoms with Crippen molar-refractivity contribution in [2.75, 3.05) is 6.54 Å². The lowest BCUT2D eigenvalue weighted by molar-refractivity contribution is -0.118. The molecule has 0 bridgehead atoms. The highest BCUT2D eigenvalue weighted by atomic mass is 16.3. The molecule has 2 N–H and O–H groups in total. The third kappa shape index (κ3) is 4.25. The third-order valence-corrected chi connectivity index (χ3v) is 3.48. The van der Waals surface area contributed by atoms with E-state index >= 15 is 0 Å². The number of amides is 1. The number of aliphatic hydroxyl groups is 1. The first kappa shape index (κ1) is 16.0. The molecule has 0 aliphatic heterocycles. The maximum absolute atomic E-state index is 11.9. The van der Waals surface area contributed by atoms with E-state index in [0.717, 1.165) is 6.42 Å². The van der Waals surface area contributed by atoms with E-state index in [2.05, 4.69) is 5.32 Å². The van der Waals surface area contributed by atoms with Gasteiger partial charge < -0.3 is 14.8 Å². The van der Waals surface area contributed by atoms with Crippen molar-refractivity contribution in [2.24, 2.45) is 5.92 Å². The van der Waals surface area contributed by atoms with Crippen LogP contribution < -0.4 is 5.32 Å².